The van der Waals surface area contributed by atoms with Crippen molar-refractivity contribution in [1.29, 1.82) is 0 Å². The summed E-state index contributed by atoms with van der Waals surface area (Å²) in [6.07, 6.45) is 0. The Hall–Kier alpha value is -2.04. The molecule has 0 bridgehead atoms. The molecule has 0 unspecified atom stereocenters. The van der Waals surface area contributed by atoms with Gasteiger partial charge < -0.3 is 9.47 Å². The van der Waals surface area contributed by atoms with Gasteiger partial charge in [-0.15, -0.1) is 0 Å². The van der Waals surface area contributed by atoms with Gasteiger partial charge in [0.25, 0.3) is 0 Å². The van der Waals surface area contributed by atoms with Crippen molar-refractivity contribution < 1.29 is 14.3 Å². The van der Waals surface area contributed by atoms with Crippen LogP contribution < -0.4 is 9.47 Å². The molecule has 0 aliphatic carbocycles. The molecule has 0 N–H and O–H groups in total. The number of carbonyl (C=O) groups is 1. The molecule has 0 aliphatic heterocycles. The largest absolute Gasteiger partial charge is 0.480 e. The molecule has 0 radical (unpaired) electrons. The van der Waals surface area contributed by atoms with E-state index in [2.05, 4.69) is 15.9 Å². The lowest BCUT2D eigenvalue weighted by Gasteiger charge is -2.10. The standard InChI is InChI=1S/C18H12BrClO3/c19-13-8-9-17(15(20)10-13)22-11-18(21)23-16-7-3-5-12-4-1-2-6-14(12)16/h1-10H,11H2. The van der Waals surface area contributed by atoms with Gasteiger partial charge in [-0.25, -0.2) is 4.79 Å². The highest BCUT2D eigenvalue weighted by Crippen LogP contribution is 2.28. The number of rotatable bonds is 4. The minimum atomic E-state index is -0.486. The van der Waals surface area contributed by atoms with Crippen molar-refractivity contribution in [2.75, 3.05) is 6.61 Å². The van der Waals surface area contributed by atoms with Crippen LogP contribution in [0.25, 0.3) is 10.8 Å². The van der Waals surface area contributed by atoms with Gasteiger partial charge in [-0.3, -0.25) is 0 Å². The Morgan fingerprint density at radius 3 is 2.61 bits per heavy atom. The van der Waals surface area contributed by atoms with Crippen molar-refractivity contribution in [3.8, 4) is 11.5 Å². The van der Waals surface area contributed by atoms with Gasteiger partial charge in [0.2, 0.25) is 0 Å². The molecule has 0 heterocycles. The average molecular weight is 392 g/mol. The van der Waals surface area contributed by atoms with Crippen LogP contribution in [0.2, 0.25) is 5.02 Å². The van der Waals surface area contributed by atoms with Crippen LogP contribution in [0.5, 0.6) is 11.5 Å². The van der Waals surface area contributed by atoms with Crippen LogP contribution in [0, 0.1) is 0 Å². The van der Waals surface area contributed by atoms with Gasteiger partial charge in [0.15, 0.2) is 6.61 Å². The molecule has 0 aromatic heterocycles. The summed E-state index contributed by atoms with van der Waals surface area (Å²) in [5, 5.41) is 2.32. The lowest BCUT2D eigenvalue weighted by Crippen LogP contribution is -2.17. The lowest BCUT2D eigenvalue weighted by atomic mass is 10.1. The van der Waals surface area contributed by atoms with Gasteiger partial charge in [-0.2, -0.15) is 0 Å². The number of benzene rings is 3. The Bertz CT molecular complexity index is 859. The summed E-state index contributed by atoms with van der Waals surface area (Å²) >= 11 is 9.36. The molecule has 3 rings (SSSR count). The Labute approximate surface area is 146 Å². The van der Waals surface area contributed by atoms with Crippen molar-refractivity contribution in [3.63, 3.8) is 0 Å². The lowest BCUT2D eigenvalue weighted by molar-refractivity contribution is -0.136. The zero-order valence-electron chi connectivity index (χ0n) is 12.0. The Morgan fingerprint density at radius 2 is 1.78 bits per heavy atom. The Morgan fingerprint density at radius 1 is 1.00 bits per heavy atom. The first-order valence-corrected chi connectivity index (χ1v) is 8.07. The smallest absolute Gasteiger partial charge is 0.349 e. The van der Waals surface area contributed by atoms with Crippen LogP contribution >= 0.6 is 27.5 Å². The monoisotopic (exact) mass is 390 g/mol. The maximum Gasteiger partial charge on any atom is 0.349 e. The number of halogens is 2. The van der Waals surface area contributed by atoms with E-state index in [1.54, 1.807) is 24.3 Å². The maximum atomic E-state index is 12.0. The van der Waals surface area contributed by atoms with Gasteiger partial charge in [-0.05, 0) is 29.7 Å². The number of hydrogen-bond donors (Lipinski definition) is 0. The molecule has 0 atom stereocenters. The second-order valence-electron chi connectivity index (χ2n) is 4.81. The van der Waals surface area contributed by atoms with Gasteiger partial charge in [0, 0.05) is 9.86 Å². The fourth-order valence-electron chi connectivity index (χ4n) is 2.17. The van der Waals surface area contributed by atoms with E-state index in [0.29, 0.717) is 16.5 Å². The predicted molar refractivity (Wildman–Crippen MR) is 94.2 cm³/mol. The van der Waals surface area contributed by atoms with Gasteiger partial charge in [0.05, 0.1) is 5.02 Å². The third kappa shape index (κ3) is 3.84. The molecule has 116 valence electrons. The zero-order valence-corrected chi connectivity index (χ0v) is 14.3. The number of fused-ring (bicyclic) bond motifs is 1. The van der Waals surface area contributed by atoms with E-state index in [9.17, 15) is 4.79 Å². The molecule has 0 spiro atoms. The van der Waals surface area contributed by atoms with Crippen molar-refractivity contribution in [3.05, 3.63) is 70.2 Å². The van der Waals surface area contributed by atoms with Crippen molar-refractivity contribution in [2.45, 2.75) is 0 Å². The molecule has 3 aromatic carbocycles. The first-order valence-electron chi connectivity index (χ1n) is 6.90. The molecule has 0 fully saturated rings. The van der Waals surface area contributed by atoms with Crippen LogP contribution in [-0.2, 0) is 4.79 Å². The minimum absolute atomic E-state index is 0.218. The molecule has 3 nitrogen and oxygen atoms in total. The molecule has 23 heavy (non-hydrogen) atoms. The fraction of sp³-hybridized carbons (Fsp3) is 0.0556. The number of esters is 1. The summed E-state index contributed by atoms with van der Waals surface area (Å²) in [4.78, 5) is 12.0. The Kier molecular flexibility index (Phi) is 4.84. The number of hydrogen-bond acceptors (Lipinski definition) is 3. The third-order valence-electron chi connectivity index (χ3n) is 3.21. The van der Waals surface area contributed by atoms with E-state index in [1.807, 2.05) is 36.4 Å². The predicted octanol–water partition coefficient (Wildman–Crippen LogP) is 5.24. The van der Waals surface area contributed by atoms with Crippen molar-refractivity contribution >= 4 is 44.3 Å². The molecule has 0 amide bonds. The second kappa shape index (κ2) is 7.02. The normalized spacial score (nSPS) is 10.5. The first-order chi connectivity index (χ1) is 11.1. The molecular weight excluding hydrogens is 380 g/mol. The molecule has 0 aliphatic rings. The molecule has 0 saturated heterocycles. The zero-order chi connectivity index (χ0) is 16.2. The van der Waals surface area contributed by atoms with Crippen molar-refractivity contribution in [2.24, 2.45) is 0 Å². The van der Waals surface area contributed by atoms with Gasteiger partial charge >= 0.3 is 5.97 Å². The van der Waals surface area contributed by atoms with E-state index in [4.69, 9.17) is 21.1 Å². The topological polar surface area (TPSA) is 35.5 Å². The summed E-state index contributed by atoms with van der Waals surface area (Å²) in [5.41, 5.74) is 0. The first kappa shape index (κ1) is 15.8. The van der Waals surface area contributed by atoms with Gasteiger partial charge in [-0.1, -0.05) is 63.9 Å². The Balaban J connectivity index is 1.69. The highest BCUT2D eigenvalue weighted by Gasteiger charge is 2.10. The van der Waals surface area contributed by atoms with E-state index in [0.717, 1.165) is 15.2 Å². The van der Waals surface area contributed by atoms with Crippen LogP contribution in [0.4, 0.5) is 0 Å². The van der Waals surface area contributed by atoms with Crippen LogP contribution in [0.3, 0.4) is 0 Å². The van der Waals surface area contributed by atoms with E-state index in [-0.39, 0.29) is 6.61 Å². The molecular formula is C18H12BrClO3. The number of ether oxygens (including phenoxy) is 2. The van der Waals surface area contributed by atoms with E-state index < -0.39 is 5.97 Å². The molecule has 0 saturated carbocycles. The summed E-state index contributed by atoms with van der Waals surface area (Å²) in [6, 6.07) is 18.5. The van der Waals surface area contributed by atoms with Gasteiger partial charge in [0.1, 0.15) is 11.5 Å². The van der Waals surface area contributed by atoms with Crippen LogP contribution in [0.1, 0.15) is 0 Å². The van der Waals surface area contributed by atoms with Crippen LogP contribution in [0.15, 0.2) is 65.1 Å². The maximum absolute atomic E-state index is 12.0. The summed E-state index contributed by atoms with van der Waals surface area (Å²) in [6.45, 7) is -0.218. The SMILES string of the molecule is O=C(COc1ccc(Br)cc1Cl)Oc1cccc2ccccc12. The molecule has 5 heteroatoms. The highest BCUT2D eigenvalue weighted by atomic mass is 79.9. The summed E-state index contributed by atoms with van der Waals surface area (Å²) < 4.78 is 11.6. The molecule has 3 aromatic rings. The summed E-state index contributed by atoms with van der Waals surface area (Å²) in [7, 11) is 0. The third-order valence-corrected chi connectivity index (χ3v) is 4.00. The number of carbonyl (C=O) groups excluding carboxylic acids is 1. The highest BCUT2D eigenvalue weighted by molar-refractivity contribution is 9.10. The average Bonchev–Trinajstić information content (AvgIpc) is 2.54. The summed E-state index contributed by atoms with van der Waals surface area (Å²) in [5.74, 6) is 0.462. The van der Waals surface area contributed by atoms with E-state index >= 15 is 0 Å². The minimum Gasteiger partial charge on any atom is -0.480 e. The fourth-order valence-corrected chi connectivity index (χ4v) is 2.89. The van der Waals surface area contributed by atoms with Crippen LogP contribution in [-0.4, -0.2) is 12.6 Å². The quantitative estimate of drug-likeness (QED) is 0.451. The van der Waals surface area contributed by atoms with Crippen molar-refractivity contribution in [1.82, 2.24) is 0 Å². The van der Waals surface area contributed by atoms with E-state index in [1.165, 1.54) is 0 Å². The second-order valence-corrected chi connectivity index (χ2v) is 6.14.